The largest absolute Gasteiger partial charge is 0.479 e. The molecule has 0 saturated carbocycles. The van der Waals surface area contributed by atoms with Gasteiger partial charge in [0.25, 0.3) is 0 Å². The van der Waals surface area contributed by atoms with Crippen molar-refractivity contribution in [3.8, 4) is 5.88 Å². The summed E-state index contributed by atoms with van der Waals surface area (Å²) in [4.78, 5) is 19.7. The van der Waals surface area contributed by atoms with Crippen LogP contribution in [0.15, 0.2) is 12.3 Å². The lowest BCUT2D eigenvalue weighted by Gasteiger charge is -2.34. The van der Waals surface area contributed by atoms with Crippen LogP contribution in [0.2, 0.25) is 0 Å². The van der Waals surface area contributed by atoms with Crippen LogP contribution < -0.4 is 10.1 Å². The summed E-state index contributed by atoms with van der Waals surface area (Å²) in [5.74, 6) is -0.303. The quantitative estimate of drug-likeness (QED) is 0.828. The first kappa shape index (κ1) is 16.6. The average Bonchev–Trinajstić information content (AvgIpc) is 2.51. The molecule has 1 aromatic heterocycles. The van der Waals surface area contributed by atoms with Gasteiger partial charge in [-0.15, -0.1) is 0 Å². The Morgan fingerprint density at radius 2 is 2.05 bits per heavy atom. The number of nitrogens with one attached hydrogen (secondary N) is 1. The molecule has 1 fully saturated rings. The molecule has 0 bridgehead atoms. The Bertz CT molecular complexity index is 504. The Morgan fingerprint density at radius 3 is 2.68 bits per heavy atom. The lowest BCUT2D eigenvalue weighted by molar-refractivity contribution is -0.122. The fraction of sp³-hybridized carbons (Fsp3) is 0.600. The number of pyridine rings is 1. The van der Waals surface area contributed by atoms with Crippen LogP contribution in [0.3, 0.4) is 0 Å². The molecule has 2 heterocycles. The topological polar surface area (TPSA) is 57.7 Å². The van der Waals surface area contributed by atoms with E-state index in [2.05, 4.69) is 20.1 Å². The van der Waals surface area contributed by atoms with Crippen molar-refractivity contribution in [3.63, 3.8) is 0 Å². The molecule has 22 heavy (non-hydrogen) atoms. The van der Waals surface area contributed by atoms with Gasteiger partial charge in [0.05, 0.1) is 13.7 Å². The number of aromatic nitrogens is 1. The summed E-state index contributed by atoms with van der Waals surface area (Å²) >= 11 is 0. The molecular formula is C15H23FN4O2. The highest BCUT2D eigenvalue weighted by Crippen LogP contribution is 2.18. The van der Waals surface area contributed by atoms with E-state index in [9.17, 15) is 9.18 Å². The number of methoxy groups -OCH3 is 1. The standard InChI is InChI=1S/C15H23FN4O2/c1-3-17-13(21)11-20-8-6-19(7-9-20)10-12-4-5-18-15(22-2)14(12)16/h4-5H,3,6-11H2,1-2H3,(H,17,21). The molecule has 2 rings (SSSR count). The van der Waals surface area contributed by atoms with Crippen LogP contribution in [0.5, 0.6) is 5.88 Å². The van der Waals surface area contributed by atoms with E-state index in [1.54, 1.807) is 12.3 Å². The van der Waals surface area contributed by atoms with Crippen molar-refractivity contribution in [3.05, 3.63) is 23.6 Å². The average molecular weight is 310 g/mol. The predicted molar refractivity (Wildman–Crippen MR) is 81.1 cm³/mol. The summed E-state index contributed by atoms with van der Waals surface area (Å²) in [6.07, 6.45) is 1.56. The van der Waals surface area contributed by atoms with E-state index < -0.39 is 5.82 Å². The van der Waals surface area contributed by atoms with Crippen LogP contribution in [-0.2, 0) is 11.3 Å². The van der Waals surface area contributed by atoms with Crippen LogP contribution in [-0.4, -0.2) is 67.1 Å². The van der Waals surface area contributed by atoms with Gasteiger partial charge in [-0.05, 0) is 13.0 Å². The molecule has 0 radical (unpaired) electrons. The molecule has 1 amide bonds. The maximum Gasteiger partial charge on any atom is 0.250 e. The first-order valence-electron chi connectivity index (χ1n) is 7.52. The Morgan fingerprint density at radius 1 is 1.36 bits per heavy atom. The minimum atomic E-state index is -0.394. The molecule has 7 heteroatoms. The van der Waals surface area contributed by atoms with Crippen LogP contribution in [0.25, 0.3) is 0 Å². The lowest BCUT2D eigenvalue weighted by atomic mass is 10.2. The molecule has 1 aromatic rings. The molecule has 0 atom stereocenters. The second-order valence-electron chi connectivity index (χ2n) is 5.30. The first-order valence-corrected chi connectivity index (χ1v) is 7.52. The van der Waals surface area contributed by atoms with E-state index in [-0.39, 0.29) is 11.8 Å². The van der Waals surface area contributed by atoms with Gasteiger partial charge in [-0.2, -0.15) is 0 Å². The Kier molecular flexibility index (Phi) is 6.09. The number of halogens is 1. The van der Waals surface area contributed by atoms with Crippen LogP contribution in [0, 0.1) is 5.82 Å². The van der Waals surface area contributed by atoms with Crippen molar-refractivity contribution in [2.24, 2.45) is 0 Å². The van der Waals surface area contributed by atoms with Crippen molar-refractivity contribution < 1.29 is 13.9 Å². The first-order chi connectivity index (χ1) is 10.6. The van der Waals surface area contributed by atoms with Gasteiger partial charge in [0, 0.05) is 51.0 Å². The Labute approximate surface area is 130 Å². The molecule has 0 unspecified atom stereocenters. The van der Waals surface area contributed by atoms with Crippen molar-refractivity contribution in [1.29, 1.82) is 0 Å². The molecule has 0 aliphatic carbocycles. The Hall–Kier alpha value is -1.73. The molecule has 0 spiro atoms. The lowest BCUT2D eigenvalue weighted by Crippen LogP contribution is -2.49. The normalized spacial score (nSPS) is 16.5. The number of carbonyl (C=O) groups is 1. The predicted octanol–water partition coefficient (Wildman–Crippen LogP) is 0.483. The highest BCUT2D eigenvalue weighted by Gasteiger charge is 2.20. The SMILES string of the molecule is CCNC(=O)CN1CCN(Cc2ccnc(OC)c2F)CC1. The number of rotatable bonds is 6. The fourth-order valence-electron chi connectivity index (χ4n) is 2.53. The van der Waals surface area contributed by atoms with Gasteiger partial charge in [-0.25, -0.2) is 9.37 Å². The molecule has 6 nitrogen and oxygen atoms in total. The zero-order valence-corrected chi connectivity index (χ0v) is 13.1. The number of piperazine rings is 1. The second-order valence-corrected chi connectivity index (χ2v) is 5.30. The second kappa shape index (κ2) is 8.05. The van der Waals surface area contributed by atoms with Crippen molar-refractivity contribution in [2.45, 2.75) is 13.5 Å². The number of hydrogen-bond donors (Lipinski definition) is 1. The summed E-state index contributed by atoms with van der Waals surface area (Å²) in [5, 5.41) is 2.80. The molecule has 1 saturated heterocycles. The van der Waals surface area contributed by atoms with Gasteiger partial charge >= 0.3 is 0 Å². The van der Waals surface area contributed by atoms with E-state index in [1.165, 1.54) is 7.11 Å². The van der Waals surface area contributed by atoms with Gasteiger partial charge in [-0.1, -0.05) is 0 Å². The zero-order chi connectivity index (χ0) is 15.9. The van der Waals surface area contributed by atoms with Crippen LogP contribution in [0.1, 0.15) is 12.5 Å². The van der Waals surface area contributed by atoms with Crippen LogP contribution in [0.4, 0.5) is 4.39 Å². The maximum absolute atomic E-state index is 14.1. The summed E-state index contributed by atoms with van der Waals surface area (Å²) in [6.45, 7) is 6.75. The molecule has 1 aliphatic rings. The van der Waals surface area contributed by atoms with Crippen molar-refractivity contribution >= 4 is 5.91 Å². The van der Waals surface area contributed by atoms with Crippen molar-refractivity contribution in [1.82, 2.24) is 20.1 Å². The minimum absolute atomic E-state index is 0.0346. The fourth-order valence-corrected chi connectivity index (χ4v) is 2.53. The highest BCUT2D eigenvalue weighted by molar-refractivity contribution is 5.77. The van der Waals surface area contributed by atoms with Gasteiger partial charge in [0.15, 0.2) is 5.82 Å². The van der Waals surface area contributed by atoms with Gasteiger partial charge < -0.3 is 10.1 Å². The third kappa shape index (κ3) is 4.38. The van der Waals surface area contributed by atoms with E-state index in [0.29, 0.717) is 25.2 Å². The van der Waals surface area contributed by atoms with E-state index >= 15 is 0 Å². The molecular weight excluding hydrogens is 287 g/mol. The molecule has 1 aliphatic heterocycles. The zero-order valence-electron chi connectivity index (χ0n) is 13.1. The number of nitrogens with zero attached hydrogens (tertiary/aromatic N) is 3. The van der Waals surface area contributed by atoms with E-state index in [1.807, 2.05) is 6.92 Å². The van der Waals surface area contributed by atoms with E-state index in [4.69, 9.17) is 4.74 Å². The van der Waals surface area contributed by atoms with Crippen LogP contribution >= 0.6 is 0 Å². The van der Waals surface area contributed by atoms with Crippen molar-refractivity contribution in [2.75, 3.05) is 46.4 Å². The summed E-state index contributed by atoms with van der Waals surface area (Å²) in [7, 11) is 1.41. The number of amides is 1. The van der Waals surface area contributed by atoms with Gasteiger partial charge in [0.1, 0.15) is 0 Å². The highest BCUT2D eigenvalue weighted by atomic mass is 19.1. The minimum Gasteiger partial charge on any atom is -0.479 e. The summed E-state index contributed by atoms with van der Waals surface area (Å²) in [6, 6.07) is 1.68. The van der Waals surface area contributed by atoms with Gasteiger partial charge in [-0.3, -0.25) is 14.6 Å². The number of carbonyl (C=O) groups excluding carboxylic acids is 1. The molecule has 122 valence electrons. The maximum atomic E-state index is 14.1. The smallest absolute Gasteiger partial charge is 0.250 e. The summed E-state index contributed by atoms with van der Waals surface area (Å²) < 4.78 is 19.0. The number of hydrogen-bond acceptors (Lipinski definition) is 5. The molecule has 1 N–H and O–H groups in total. The third-order valence-corrected chi connectivity index (χ3v) is 3.73. The number of likely N-dealkylation sites (N-methyl/N-ethyl adjacent to an activating group) is 1. The summed E-state index contributed by atoms with van der Waals surface area (Å²) in [5.41, 5.74) is 0.587. The van der Waals surface area contributed by atoms with Gasteiger partial charge in [0.2, 0.25) is 11.8 Å². The third-order valence-electron chi connectivity index (χ3n) is 3.73. The Balaban J connectivity index is 1.84. The monoisotopic (exact) mass is 310 g/mol. The molecule has 0 aromatic carbocycles. The van der Waals surface area contributed by atoms with E-state index in [0.717, 1.165) is 26.2 Å². The number of ether oxygens (including phenoxy) is 1.